The first kappa shape index (κ1) is 30.7. The van der Waals surface area contributed by atoms with Crippen LogP contribution in [0, 0.1) is 5.92 Å². The summed E-state index contributed by atoms with van der Waals surface area (Å²) < 4.78 is 0. The maximum absolute atomic E-state index is 2.36. The second-order valence-electron chi connectivity index (χ2n) is 10.8. The van der Waals surface area contributed by atoms with E-state index in [1.807, 2.05) is 11.3 Å². The molecule has 0 aromatic carbocycles. The van der Waals surface area contributed by atoms with E-state index in [1.54, 1.807) is 4.88 Å². The van der Waals surface area contributed by atoms with Crippen LogP contribution in [0.15, 0.2) is 17.5 Å². The van der Waals surface area contributed by atoms with E-state index >= 15 is 0 Å². The Labute approximate surface area is 213 Å². The number of rotatable bonds is 26. The molecular formula is C32H60S. The standard InChI is InChI=1S/C32H60S/c1-3-5-7-9-11-13-15-16-18-20-22-24-27-31(30-32-28-25-29-33-32)26-23-21-19-17-14-12-10-8-6-4-2/h25,28-29,31H,3-24,26-27,30H2,1-2H3. The van der Waals surface area contributed by atoms with Crippen molar-refractivity contribution in [1.82, 2.24) is 0 Å². The summed E-state index contributed by atoms with van der Waals surface area (Å²) in [4.78, 5) is 1.62. The van der Waals surface area contributed by atoms with E-state index in [-0.39, 0.29) is 0 Å². The lowest BCUT2D eigenvalue weighted by molar-refractivity contribution is 0.401. The van der Waals surface area contributed by atoms with E-state index in [2.05, 4.69) is 31.4 Å². The summed E-state index contributed by atoms with van der Waals surface area (Å²) in [6, 6.07) is 4.60. The second-order valence-corrected chi connectivity index (χ2v) is 11.8. The number of hydrogen-bond donors (Lipinski definition) is 0. The van der Waals surface area contributed by atoms with Gasteiger partial charge in [-0.05, 0) is 23.8 Å². The van der Waals surface area contributed by atoms with E-state index in [0.29, 0.717) is 0 Å². The average molecular weight is 477 g/mol. The molecule has 33 heavy (non-hydrogen) atoms. The molecule has 0 bridgehead atoms. The quantitative estimate of drug-likeness (QED) is 0.117. The molecule has 0 spiro atoms. The van der Waals surface area contributed by atoms with Crippen LogP contribution in [0.1, 0.15) is 173 Å². The molecular weight excluding hydrogens is 416 g/mol. The molecule has 0 aliphatic carbocycles. The van der Waals surface area contributed by atoms with Crippen LogP contribution in [-0.2, 0) is 6.42 Å². The van der Waals surface area contributed by atoms with E-state index in [4.69, 9.17) is 0 Å². The number of hydrogen-bond acceptors (Lipinski definition) is 1. The minimum absolute atomic E-state index is 0.931. The molecule has 1 atom stereocenters. The Kier molecular flexibility index (Phi) is 23.1. The molecule has 1 unspecified atom stereocenters. The van der Waals surface area contributed by atoms with Crippen molar-refractivity contribution in [3.8, 4) is 0 Å². The fourth-order valence-corrected chi connectivity index (χ4v) is 6.08. The first-order chi connectivity index (χ1) is 16.4. The van der Waals surface area contributed by atoms with Gasteiger partial charge in [0.15, 0.2) is 0 Å². The Morgan fingerprint density at radius 1 is 0.515 bits per heavy atom. The van der Waals surface area contributed by atoms with Crippen molar-refractivity contribution in [3.05, 3.63) is 22.4 Å². The summed E-state index contributed by atoms with van der Waals surface area (Å²) in [7, 11) is 0. The summed E-state index contributed by atoms with van der Waals surface area (Å²) >= 11 is 1.97. The molecule has 194 valence electrons. The van der Waals surface area contributed by atoms with Crippen molar-refractivity contribution < 1.29 is 0 Å². The van der Waals surface area contributed by atoms with Gasteiger partial charge in [-0.15, -0.1) is 11.3 Å². The normalized spacial score (nSPS) is 12.4. The van der Waals surface area contributed by atoms with Gasteiger partial charge in [-0.25, -0.2) is 0 Å². The van der Waals surface area contributed by atoms with E-state index in [0.717, 1.165) is 5.92 Å². The van der Waals surface area contributed by atoms with Gasteiger partial charge in [0.25, 0.3) is 0 Å². The lowest BCUT2D eigenvalue weighted by atomic mass is 9.91. The molecule has 0 amide bonds. The van der Waals surface area contributed by atoms with Gasteiger partial charge in [0, 0.05) is 4.88 Å². The highest BCUT2D eigenvalue weighted by atomic mass is 32.1. The van der Waals surface area contributed by atoms with Crippen LogP contribution < -0.4 is 0 Å². The molecule has 0 aliphatic rings. The van der Waals surface area contributed by atoms with Gasteiger partial charge in [-0.2, -0.15) is 0 Å². The maximum atomic E-state index is 2.36. The Bertz CT molecular complexity index is 463. The minimum atomic E-state index is 0.931. The summed E-state index contributed by atoms with van der Waals surface area (Å²) in [5.74, 6) is 0.931. The highest BCUT2D eigenvalue weighted by molar-refractivity contribution is 7.09. The zero-order valence-corrected chi connectivity index (χ0v) is 23.7. The highest BCUT2D eigenvalue weighted by Gasteiger charge is 2.10. The first-order valence-corrected chi connectivity index (χ1v) is 16.3. The first-order valence-electron chi connectivity index (χ1n) is 15.4. The van der Waals surface area contributed by atoms with Crippen molar-refractivity contribution in [2.45, 2.75) is 174 Å². The van der Waals surface area contributed by atoms with Crippen LogP contribution in [-0.4, -0.2) is 0 Å². The lowest BCUT2D eigenvalue weighted by Gasteiger charge is -2.16. The molecule has 0 radical (unpaired) electrons. The van der Waals surface area contributed by atoms with Gasteiger partial charge in [-0.1, -0.05) is 174 Å². The SMILES string of the molecule is CCCCCCCCCCCCCCC(CCCCCCCCCCCC)Cc1cccs1. The van der Waals surface area contributed by atoms with Crippen molar-refractivity contribution >= 4 is 11.3 Å². The number of unbranched alkanes of at least 4 members (excludes halogenated alkanes) is 20. The highest BCUT2D eigenvalue weighted by Crippen LogP contribution is 2.25. The van der Waals surface area contributed by atoms with Crippen molar-refractivity contribution in [3.63, 3.8) is 0 Å². The van der Waals surface area contributed by atoms with Crippen molar-refractivity contribution in [2.75, 3.05) is 0 Å². The van der Waals surface area contributed by atoms with Gasteiger partial charge >= 0.3 is 0 Å². The molecule has 1 aromatic rings. The second kappa shape index (κ2) is 24.8. The summed E-state index contributed by atoms with van der Waals surface area (Å²) in [5.41, 5.74) is 0. The van der Waals surface area contributed by atoms with Gasteiger partial charge < -0.3 is 0 Å². The van der Waals surface area contributed by atoms with Crippen LogP contribution in [0.2, 0.25) is 0 Å². The van der Waals surface area contributed by atoms with Gasteiger partial charge in [0.2, 0.25) is 0 Å². The predicted molar refractivity (Wildman–Crippen MR) is 154 cm³/mol. The van der Waals surface area contributed by atoms with E-state index < -0.39 is 0 Å². The fraction of sp³-hybridized carbons (Fsp3) is 0.875. The number of thiophene rings is 1. The average Bonchev–Trinajstić information content (AvgIpc) is 3.34. The van der Waals surface area contributed by atoms with Crippen molar-refractivity contribution in [2.24, 2.45) is 5.92 Å². The predicted octanol–water partition coefficient (Wildman–Crippen LogP) is 12.3. The molecule has 0 N–H and O–H groups in total. The Balaban J connectivity index is 2.02. The summed E-state index contributed by atoms with van der Waals surface area (Å²) in [6.07, 6.45) is 36.3. The molecule has 0 saturated carbocycles. The van der Waals surface area contributed by atoms with Crippen LogP contribution in [0.4, 0.5) is 0 Å². The molecule has 0 saturated heterocycles. The summed E-state index contributed by atoms with van der Waals surface area (Å²) in [5, 5.41) is 2.26. The zero-order valence-electron chi connectivity index (χ0n) is 22.9. The molecule has 1 heterocycles. The van der Waals surface area contributed by atoms with Crippen LogP contribution in [0.25, 0.3) is 0 Å². The van der Waals surface area contributed by atoms with E-state index in [1.165, 1.54) is 161 Å². The zero-order chi connectivity index (χ0) is 23.7. The van der Waals surface area contributed by atoms with Crippen LogP contribution in [0.3, 0.4) is 0 Å². The Morgan fingerprint density at radius 2 is 0.879 bits per heavy atom. The monoisotopic (exact) mass is 476 g/mol. The summed E-state index contributed by atoms with van der Waals surface area (Å²) in [6.45, 7) is 4.62. The maximum Gasteiger partial charge on any atom is 0.00479 e. The third-order valence-electron chi connectivity index (χ3n) is 7.50. The largest absolute Gasteiger partial charge is 0.149 e. The molecule has 1 rings (SSSR count). The van der Waals surface area contributed by atoms with E-state index in [9.17, 15) is 0 Å². The molecule has 1 heteroatoms. The van der Waals surface area contributed by atoms with Gasteiger partial charge in [0.05, 0.1) is 0 Å². The third kappa shape index (κ3) is 20.8. The topological polar surface area (TPSA) is 0 Å². The minimum Gasteiger partial charge on any atom is -0.149 e. The smallest absolute Gasteiger partial charge is 0.00479 e. The van der Waals surface area contributed by atoms with Crippen molar-refractivity contribution in [1.29, 1.82) is 0 Å². The molecule has 1 aromatic heterocycles. The van der Waals surface area contributed by atoms with Gasteiger partial charge in [-0.3, -0.25) is 0 Å². The molecule has 0 nitrogen and oxygen atoms in total. The van der Waals surface area contributed by atoms with Crippen LogP contribution >= 0.6 is 11.3 Å². The van der Waals surface area contributed by atoms with Gasteiger partial charge in [0.1, 0.15) is 0 Å². The van der Waals surface area contributed by atoms with Crippen LogP contribution in [0.5, 0.6) is 0 Å². The Hall–Kier alpha value is -0.300. The lowest BCUT2D eigenvalue weighted by Crippen LogP contribution is -2.04. The molecule has 0 aliphatic heterocycles. The Morgan fingerprint density at radius 3 is 1.21 bits per heavy atom. The fourth-order valence-electron chi connectivity index (χ4n) is 5.26. The third-order valence-corrected chi connectivity index (χ3v) is 8.40. The molecule has 0 fully saturated rings.